The number of hydrogen-bond acceptors (Lipinski definition) is 8. The van der Waals surface area contributed by atoms with E-state index >= 15 is 0 Å². The number of carbonyl (C=O) groups is 5. The quantitative estimate of drug-likeness (QED) is 0.246. The van der Waals surface area contributed by atoms with Gasteiger partial charge in [-0.2, -0.15) is 0 Å². The molecule has 1 saturated heterocycles. The Hall–Kier alpha value is -3.93. The number of nitrogens with one attached hydrogen (secondary N) is 3. The van der Waals surface area contributed by atoms with Crippen LogP contribution in [0.2, 0.25) is 0 Å². The fourth-order valence-corrected chi connectivity index (χ4v) is 6.02. The molecule has 1 aromatic rings. The minimum Gasteiger partial charge on any atom is -0.464 e. The van der Waals surface area contributed by atoms with Crippen LogP contribution in [0.4, 0.5) is 4.79 Å². The third-order valence-corrected chi connectivity index (χ3v) is 8.32. The molecule has 4 rings (SSSR count). The zero-order chi connectivity index (χ0) is 31.7. The number of likely N-dealkylation sites (tertiary alicyclic amines) is 1. The van der Waals surface area contributed by atoms with Crippen LogP contribution in [0.5, 0.6) is 0 Å². The van der Waals surface area contributed by atoms with Gasteiger partial charge in [0, 0.05) is 32.2 Å². The SMILES string of the molecule is C=C[C@@H]1C[C@]1(NC(=O)[C@@H]1C[C@@H](O)CN1C(=O)N[C@H](C(=O)N[C@H]1c2ccccc2C[C@H]1OC(C)=O)C(C)(C)C)C(=O)OCC. The second-order valence-corrected chi connectivity index (χ2v) is 12.6. The molecule has 12 heteroatoms. The van der Waals surface area contributed by atoms with Crippen molar-refractivity contribution in [3.05, 3.63) is 48.0 Å². The lowest BCUT2D eigenvalue weighted by atomic mass is 9.86. The second kappa shape index (κ2) is 12.4. The summed E-state index contributed by atoms with van der Waals surface area (Å²) in [6.45, 7) is 12.1. The van der Waals surface area contributed by atoms with Gasteiger partial charge in [-0.15, -0.1) is 6.58 Å². The summed E-state index contributed by atoms with van der Waals surface area (Å²) in [6, 6.07) is 4.04. The number of urea groups is 1. The molecule has 12 nitrogen and oxygen atoms in total. The number of nitrogens with zero attached hydrogens (tertiary/aromatic N) is 1. The summed E-state index contributed by atoms with van der Waals surface area (Å²) >= 11 is 0. The number of amides is 4. The molecule has 4 N–H and O–H groups in total. The molecular weight excluding hydrogens is 556 g/mol. The Labute approximate surface area is 251 Å². The van der Waals surface area contributed by atoms with Crippen LogP contribution >= 0.6 is 0 Å². The number of carbonyl (C=O) groups excluding carboxylic acids is 5. The summed E-state index contributed by atoms with van der Waals surface area (Å²) in [4.78, 5) is 66.4. The molecule has 0 spiro atoms. The van der Waals surface area contributed by atoms with Crippen LogP contribution in [0, 0.1) is 11.3 Å². The van der Waals surface area contributed by atoms with Crippen molar-refractivity contribution in [2.75, 3.05) is 13.2 Å². The molecular formula is C31H42N4O8. The number of esters is 2. The molecule has 0 radical (unpaired) electrons. The molecule has 1 heterocycles. The maximum absolute atomic E-state index is 13.7. The van der Waals surface area contributed by atoms with Gasteiger partial charge in [0.1, 0.15) is 23.7 Å². The lowest BCUT2D eigenvalue weighted by Gasteiger charge is -2.34. The van der Waals surface area contributed by atoms with Crippen LogP contribution in [0.1, 0.15) is 64.6 Å². The number of β-amino-alcohol motifs (C(OH)–C–C–N with tert-alkyl or cyclic N) is 1. The molecule has 1 aromatic carbocycles. The van der Waals surface area contributed by atoms with Gasteiger partial charge in [-0.1, -0.05) is 51.1 Å². The van der Waals surface area contributed by atoms with Crippen molar-refractivity contribution >= 4 is 29.8 Å². The van der Waals surface area contributed by atoms with Gasteiger partial charge >= 0.3 is 18.0 Å². The molecule has 0 aromatic heterocycles. The molecule has 1 aliphatic heterocycles. The average Bonchev–Trinajstić information content (AvgIpc) is 3.34. The lowest BCUT2D eigenvalue weighted by Crippen LogP contribution is -2.60. The fraction of sp³-hybridized carbons (Fsp3) is 0.581. The third kappa shape index (κ3) is 6.69. The number of aliphatic hydroxyl groups excluding tert-OH is 1. The Morgan fingerprint density at radius 2 is 1.91 bits per heavy atom. The van der Waals surface area contributed by atoms with Crippen molar-refractivity contribution in [2.24, 2.45) is 11.3 Å². The van der Waals surface area contributed by atoms with Gasteiger partial charge in [0.05, 0.1) is 18.8 Å². The highest BCUT2D eigenvalue weighted by Gasteiger charge is 2.62. The maximum Gasteiger partial charge on any atom is 0.332 e. The number of aliphatic hydroxyl groups is 1. The van der Waals surface area contributed by atoms with Crippen LogP contribution in [-0.4, -0.2) is 82.8 Å². The zero-order valence-corrected chi connectivity index (χ0v) is 25.3. The van der Waals surface area contributed by atoms with Gasteiger partial charge in [-0.3, -0.25) is 14.4 Å². The Morgan fingerprint density at radius 3 is 2.51 bits per heavy atom. The Balaban J connectivity index is 1.50. The number of hydrogen-bond donors (Lipinski definition) is 4. The van der Waals surface area contributed by atoms with Gasteiger partial charge < -0.3 is 35.4 Å². The predicted octanol–water partition coefficient (Wildman–Crippen LogP) is 1.52. The van der Waals surface area contributed by atoms with Crippen molar-refractivity contribution in [3.8, 4) is 0 Å². The Morgan fingerprint density at radius 1 is 1.21 bits per heavy atom. The summed E-state index contributed by atoms with van der Waals surface area (Å²) in [5, 5.41) is 18.9. The molecule has 43 heavy (non-hydrogen) atoms. The van der Waals surface area contributed by atoms with E-state index < -0.39 is 71.1 Å². The smallest absolute Gasteiger partial charge is 0.332 e. The van der Waals surface area contributed by atoms with Crippen LogP contribution in [0.3, 0.4) is 0 Å². The van der Waals surface area contributed by atoms with Gasteiger partial charge in [0.15, 0.2) is 0 Å². The van der Waals surface area contributed by atoms with E-state index in [9.17, 15) is 29.1 Å². The molecule has 2 fully saturated rings. The van der Waals surface area contributed by atoms with Crippen LogP contribution < -0.4 is 16.0 Å². The molecule has 1 saturated carbocycles. The van der Waals surface area contributed by atoms with Crippen LogP contribution in [0.25, 0.3) is 0 Å². The minimum absolute atomic E-state index is 0.0355. The summed E-state index contributed by atoms with van der Waals surface area (Å²) in [7, 11) is 0. The summed E-state index contributed by atoms with van der Waals surface area (Å²) in [5.74, 6) is -2.45. The summed E-state index contributed by atoms with van der Waals surface area (Å²) in [6.07, 6.45) is 0.725. The number of rotatable bonds is 9. The molecule has 3 aliphatic rings. The van der Waals surface area contributed by atoms with E-state index in [4.69, 9.17) is 9.47 Å². The van der Waals surface area contributed by atoms with Gasteiger partial charge in [-0.25, -0.2) is 9.59 Å². The van der Waals surface area contributed by atoms with Crippen LogP contribution in [0.15, 0.2) is 36.9 Å². The van der Waals surface area contributed by atoms with Gasteiger partial charge in [-0.05, 0) is 29.9 Å². The van der Waals surface area contributed by atoms with E-state index in [-0.39, 0.29) is 25.5 Å². The second-order valence-electron chi connectivity index (χ2n) is 12.6. The van der Waals surface area contributed by atoms with Crippen molar-refractivity contribution < 1.29 is 38.6 Å². The van der Waals surface area contributed by atoms with Gasteiger partial charge in [0.25, 0.3) is 0 Å². The van der Waals surface area contributed by atoms with E-state index in [1.165, 1.54) is 11.8 Å². The number of fused-ring (bicyclic) bond motifs is 1. The van der Waals surface area contributed by atoms with Crippen molar-refractivity contribution in [3.63, 3.8) is 0 Å². The number of benzene rings is 1. The fourth-order valence-electron chi connectivity index (χ4n) is 6.02. The lowest BCUT2D eigenvalue weighted by molar-refractivity contribution is -0.149. The first-order valence-corrected chi connectivity index (χ1v) is 14.6. The Kier molecular flexibility index (Phi) is 9.19. The molecule has 0 bridgehead atoms. The minimum atomic E-state index is -1.26. The van der Waals surface area contributed by atoms with E-state index in [2.05, 4.69) is 22.5 Å². The van der Waals surface area contributed by atoms with Crippen molar-refractivity contribution in [1.82, 2.24) is 20.9 Å². The van der Waals surface area contributed by atoms with Gasteiger partial charge in [0.2, 0.25) is 11.8 Å². The highest BCUT2D eigenvalue weighted by Crippen LogP contribution is 2.45. The van der Waals surface area contributed by atoms with Crippen molar-refractivity contribution in [2.45, 2.75) is 89.8 Å². The third-order valence-electron chi connectivity index (χ3n) is 8.32. The normalized spacial score (nSPS) is 28.2. The topological polar surface area (TPSA) is 163 Å². The van der Waals surface area contributed by atoms with Crippen molar-refractivity contribution in [1.29, 1.82) is 0 Å². The monoisotopic (exact) mass is 598 g/mol. The number of ether oxygens (including phenoxy) is 2. The highest BCUT2D eigenvalue weighted by atomic mass is 16.5. The van der Waals surface area contributed by atoms with E-state index in [0.717, 1.165) is 11.1 Å². The van der Waals surface area contributed by atoms with E-state index in [1.54, 1.807) is 33.8 Å². The first-order chi connectivity index (χ1) is 20.2. The average molecular weight is 599 g/mol. The largest absolute Gasteiger partial charge is 0.464 e. The molecule has 234 valence electrons. The first-order valence-electron chi connectivity index (χ1n) is 14.6. The van der Waals surface area contributed by atoms with E-state index in [1.807, 2.05) is 24.3 Å². The molecule has 7 atom stereocenters. The first kappa shape index (κ1) is 32.0. The zero-order valence-electron chi connectivity index (χ0n) is 25.3. The Bertz CT molecular complexity index is 1290. The molecule has 2 aliphatic carbocycles. The summed E-state index contributed by atoms with van der Waals surface area (Å²) in [5.41, 5.74) is -0.238. The maximum atomic E-state index is 13.7. The molecule has 4 amide bonds. The standard InChI is InChI=1S/C31H42N4O8/c1-7-19-15-31(19,28(40)42-8-2)34-26(38)22-14-20(37)16-35(22)29(41)33-25(30(4,5)6)27(39)32-24-21-12-10-9-11-18(21)13-23(24)43-17(3)36/h7,9-12,19-20,22-25,37H,1,8,13-16H2,2-6H3,(H,32,39)(H,33,41)(H,34,38)/t19-,20-,22+,23-,24+,25-,31-/m1/s1. The van der Waals surface area contributed by atoms with Crippen LogP contribution in [-0.2, 0) is 35.1 Å². The molecule has 0 unspecified atom stereocenters. The summed E-state index contributed by atoms with van der Waals surface area (Å²) < 4.78 is 10.7. The predicted molar refractivity (Wildman–Crippen MR) is 155 cm³/mol. The van der Waals surface area contributed by atoms with E-state index in [0.29, 0.717) is 12.8 Å². The highest BCUT2D eigenvalue weighted by molar-refractivity contribution is 5.96.